The average Bonchev–Trinajstić information content (AvgIpc) is 3.52. The van der Waals surface area contributed by atoms with Crippen molar-refractivity contribution in [2.24, 2.45) is 0 Å². The molecule has 3 heterocycles. The standard InChI is InChI=1S/C43H34N4O/c1-5-15-29(8-4)43-45-37(31-18-13-10-14-19-31)27-39(47-43)33-21-23-41-35(25-33)34-24-32(20-22-40(34)48-41)38-26-36(30-16-11-9-12-17-30)44-42(46-38)28(6-2)7-3/h5-27H,2H2,1,3-4H3/b15-5-,28-7+,29-8+. The highest BCUT2D eigenvalue weighted by Gasteiger charge is 2.16. The predicted octanol–water partition coefficient (Wildman–Crippen LogP) is 11.4. The number of hydrogen-bond donors (Lipinski definition) is 0. The first-order valence-electron chi connectivity index (χ1n) is 16.0. The smallest absolute Gasteiger partial charge is 0.160 e. The van der Waals surface area contributed by atoms with Gasteiger partial charge in [-0.15, -0.1) is 0 Å². The van der Waals surface area contributed by atoms with Crippen LogP contribution in [0.5, 0.6) is 0 Å². The Kier molecular flexibility index (Phi) is 8.42. The minimum absolute atomic E-state index is 0.635. The molecule has 5 nitrogen and oxygen atoms in total. The Morgan fingerprint density at radius 2 is 0.958 bits per heavy atom. The van der Waals surface area contributed by atoms with Crippen LogP contribution in [0.15, 0.2) is 151 Å². The van der Waals surface area contributed by atoms with E-state index in [1.807, 2.05) is 99.7 Å². The van der Waals surface area contributed by atoms with Crippen LogP contribution < -0.4 is 0 Å². The fourth-order valence-electron chi connectivity index (χ4n) is 5.88. The van der Waals surface area contributed by atoms with Gasteiger partial charge in [-0.25, -0.2) is 19.9 Å². The lowest BCUT2D eigenvalue weighted by Gasteiger charge is -2.10. The zero-order valence-corrected chi connectivity index (χ0v) is 27.2. The molecule has 0 aliphatic rings. The summed E-state index contributed by atoms with van der Waals surface area (Å²) in [4.78, 5) is 19.9. The maximum absolute atomic E-state index is 6.32. The second-order valence-corrected chi connectivity index (χ2v) is 11.4. The highest BCUT2D eigenvalue weighted by Crippen LogP contribution is 2.36. The molecule has 0 saturated heterocycles. The highest BCUT2D eigenvalue weighted by atomic mass is 16.3. The average molecular weight is 623 g/mol. The van der Waals surface area contributed by atoms with Gasteiger partial charge in [0.25, 0.3) is 0 Å². The van der Waals surface area contributed by atoms with Crippen LogP contribution in [0.3, 0.4) is 0 Å². The number of hydrogen-bond acceptors (Lipinski definition) is 5. The molecule has 0 atom stereocenters. The summed E-state index contributed by atoms with van der Waals surface area (Å²) in [6, 6.07) is 37.0. The van der Waals surface area contributed by atoms with Crippen molar-refractivity contribution in [2.75, 3.05) is 0 Å². The number of nitrogens with zero attached hydrogens (tertiary/aromatic N) is 4. The summed E-state index contributed by atoms with van der Waals surface area (Å²) in [6.45, 7) is 9.97. The Hall–Kier alpha value is -6.20. The minimum Gasteiger partial charge on any atom is -0.456 e. The van der Waals surface area contributed by atoms with E-state index in [1.54, 1.807) is 6.08 Å². The molecular weight excluding hydrogens is 589 g/mol. The van der Waals surface area contributed by atoms with E-state index in [1.165, 1.54) is 0 Å². The van der Waals surface area contributed by atoms with Crippen LogP contribution in [0.1, 0.15) is 32.4 Å². The number of furan rings is 1. The van der Waals surface area contributed by atoms with Crippen molar-refractivity contribution in [3.8, 4) is 45.0 Å². The van der Waals surface area contributed by atoms with Crippen LogP contribution in [0.2, 0.25) is 0 Å². The quantitative estimate of drug-likeness (QED) is 0.158. The fourth-order valence-corrected chi connectivity index (χ4v) is 5.88. The summed E-state index contributed by atoms with van der Waals surface area (Å²) in [5.74, 6) is 1.32. The van der Waals surface area contributed by atoms with E-state index in [-0.39, 0.29) is 0 Å². The molecule has 0 aliphatic heterocycles. The lowest BCUT2D eigenvalue weighted by Crippen LogP contribution is -1.98. The molecule has 232 valence electrons. The van der Waals surface area contributed by atoms with E-state index in [2.05, 4.69) is 61.2 Å². The molecule has 0 amide bonds. The van der Waals surface area contributed by atoms with E-state index in [4.69, 9.17) is 24.4 Å². The lowest BCUT2D eigenvalue weighted by molar-refractivity contribution is 0.669. The number of aromatic nitrogens is 4. The molecule has 0 aliphatic carbocycles. The van der Waals surface area contributed by atoms with Gasteiger partial charge in [0.2, 0.25) is 0 Å². The Bertz CT molecular complexity index is 2380. The third kappa shape index (κ3) is 5.90. The van der Waals surface area contributed by atoms with Crippen molar-refractivity contribution in [2.45, 2.75) is 20.8 Å². The minimum atomic E-state index is 0.635. The summed E-state index contributed by atoms with van der Waals surface area (Å²) in [5, 5.41) is 2.00. The van der Waals surface area contributed by atoms with Crippen molar-refractivity contribution in [1.82, 2.24) is 19.9 Å². The zero-order valence-electron chi connectivity index (χ0n) is 27.2. The SMILES string of the molecule is C=C/C(=C\C)c1nc(-c2ccccc2)cc(-c2ccc3oc4ccc(-c5cc(-c6ccccc6)nc(C(/C=C\C)=C/C)n5)cc4c3c2)n1. The summed E-state index contributed by atoms with van der Waals surface area (Å²) in [5.41, 5.74) is 10.8. The first-order chi connectivity index (χ1) is 23.6. The Balaban J connectivity index is 1.38. The summed E-state index contributed by atoms with van der Waals surface area (Å²) < 4.78 is 6.32. The van der Waals surface area contributed by atoms with Gasteiger partial charge in [0.05, 0.1) is 22.8 Å². The van der Waals surface area contributed by atoms with Crippen molar-refractivity contribution >= 4 is 33.1 Å². The van der Waals surface area contributed by atoms with E-state index in [9.17, 15) is 0 Å². The summed E-state index contributed by atoms with van der Waals surface area (Å²) in [6.07, 6.45) is 9.86. The van der Waals surface area contributed by atoms with Crippen LogP contribution >= 0.6 is 0 Å². The molecule has 3 aromatic heterocycles. The van der Waals surface area contributed by atoms with Gasteiger partial charge < -0.3 is 4.42 Å². The van der Waals surface area contributed by atoms with Gasteiger partial charge in [0.1, 0.15) is 11.2 Å². The molecular formula is C43H34N4O. The Morgan fingerprint density at radius 1 is 0.521 bits per heavy atom. The lowest BCUT2D eigenvalue weighted by atomic mass is 10.0. The van der Waals surface area contributed by atoms with E-state index in [0.29, 0.717) is 11.6 Å². The van der Waals surface area contributed by atoms with E-state index in [0.717, 1.165) is 78.1 Å². The number of allylic oxidation sites excluding steroid dienone is 7. The second-order valence-electron chi connectivity index (χ2n) is 11.4. The number of fused-ring (bicyclic) bond motifs is 3. The zero-order chi connectivity index (χ0) is 33.0. The molecule has 0 unspecified atom stereocenters. The third-order valence-electron chi connectivity index (χ3n) is 8.36. The molecule has 4 aromatic carbocycles. The van der Waals surface area contributed by atoms with Gasteiger partial charge in [0.15, 0.2) is 11.6 Å². The van der Waals surface area contributed by atoms with Gasteiger partial charge in [-0.3, -0.25) is 0 Å². The highest BCUT2D eigenvalue weighted by molar-refractivity contribution is 6.07. The second kappa shape index (κ2) is 13.3. The van der Waals surface area contributed by atoms with Crippen molar-refractivity contribution in [3.05, 3.63) is 158 Å². The molecule has 0 spiro atoms. The predicted molar refractivity (Wildman–Crippen MR) is 199 cm³/mol. The molecule has 0 N–H and O–H groups in total. The van der Waals surface area contributed by atoms with Gasteiger partial charge >= 0.3 is 0 Å². The van der Waals surface area contributed by atoms with Gasteiger partial charge in [-0.2, -0.15) is 0 Å². The number of rotatable bonds is 8. The van der Waals surface area contributed by atoms with Gasteiger partial charge in [0, 0.05) is 44.2 Å². The Morgan fingerprint density at radius 3 is 1.38 bits per heavy atom. The normalized spacial score (nSPS) is 12.3. The molecule has 0 fully saturated rings. The van der Waals surface area contributed by atoms with E-state index >= 15 is 0 Å². The monoisotopic (exact) mass is 622 g/mol. The molecule has 0 bridgehead atoms. The van der Waals surface area contributed by atoms with Crippen molar-refractivity contribution in [3.63, 3.8) is 0 Å². The fraction of sp³-hybridized carbons (Fsp3) is 0.0698. The first-order valence-corrected chi connectivity index (χ1v) is 16.0. The van der Waals surface area contributed by atoms with Crippen LogP contribution in [0.4, 0.5) is 0 Å². The largest absolute Gasteiger partial charge is 0.456 e. The topological polar surface area (TPSA) is 64.7 Å². The molecule has 48 heavy (non-hydrogen) atoms. The van der Waals surface area contributed by atoms with Crippen molar-refractivity contribution in [1.29, 1.82) is 0 Å². The maximum atomic E-state index is 6.32. The van der Waals surface area contributed by atoms with Crippen LogP contribution in [0.25, 0.3) is 78.1 Å². The van der Waals surface area contributed by atoms with Crippen LogP contribution in [-0.4, -0.2) is 19.9 Å². The number of benzene rings is 4. The van der Waals surface area contributed by atoms with Gasteiger partial charge in [-0.05, 0) is 69.3 Å². The third-order valence-corrected chi connectivity index (χ3v) is 8.36. The van der Waals surface area contributed by atoms with Crippen LogP contribution in [-0.2, 0) is 0 Å². The van der Waals surface area contributed by atoms with Crippen LogP contribution in [0, 0.1) is 0 Å². The Labute approximate surface area is 280 Å². The van der Waals surface area contributed by atoms with E-state index < -0.39 is 0 Å². The molecule has 0 saturated carbocycles. The molecule has 7 aromatic rings. The van der Waals surface area contributed by atoms with Gasteiger partial charge in [-0.1, -0.05) is 97.6 Å². The summed E-state index contributed by atoms with van der Waals surface area (Å²) >= 11 is 0. The first kappa shape index (κ1) is 30.5. The molecule has 7 rings (SSSR count). The summed E-state index contributed by atoms with van der Waals surface area (Å²) in [7, 11) is 0. The maximum Gasteiger partial charge on any atom is 0.160 e. The van der Waals surface area contributed by atoms with Crippen molar-refractivity contribution < 1.29 is 4.42 Å². The molecule has 0 radical (unpaired) electrons. The molecule has 5 heteroatoms.